The third-order valence-electron chi connectivity index (χ3n) is 6.13. The molecule has 2 aliphatic rings. The molecule has 0 bridgehead atoms. The lowest BCUT2D eigenvalue weighted by Gasteiger charge is -2.39. The molecule has 0 saturated heterocycles. The molecule has 0 aromatic heterocycles. The summed E-state index contributed by atoms with van der Waals surface area (Å²) in [7, 11) is 0. The van der Waals surface area contributed by atoms with Gasteiger partial charge in [0, 0.05) is 33.0 Å². The number of hydrogen-bond donors (Lipinski definition) is 2. The van der Waals surface area contributed by atoms with Gasteiger partial charge in [0.15, 0.2) is 0 Å². The molecule has 25 heavy (non-hydrogen) atoms. The zero-order valence-electron chi connectivity index (χ0n) is 15.9. The molecule has 4 atom stereocenters. The van der Waals surface area contributed by atoms with Crippen molar-refractivity contribution in [3.63, 3.8) is 0 Å². The Morgan fingerprint density at radius 1 is 0.800 bits per heavy atom. The van der Waals surface area contributed by atoms with E-state index >= 15 is 0 Å². The molecule has 0 aromatic rings. The fraction of sp³-hybridized carbons (Fsp3) is 0.619. The summed E-state index contributed by atoms with van der Waals surface area (Å²) in [4.78, 5) is 0. The second-order valence-electron chi connectivity index (χ2n) is 7.44. The van der Waals surface area contributed by atoms with Crippen LogP contribution >= 0.6 is 23.2 Å². The minimum Gasteiger partial charge on any atom is -0.321 e. The van der Waals surface area contributed by atoms with Gasteiger partial charge >= 0.3 is 0 Å². The average molecular weight is 383 g/mol. The second-order valence-corrected chi connectivity index (χ2v) is 8.26. The van der Waals surface area contributed by atoms with Crippen LogP contribution in [-0.4, -0.2) is 11.1 Å². The number of hydrogen-bond acceptors (Lipinski definition) is 2. The third-order valence-corrected chi connectivity index (χ3v) is 7.15. The molecule has 4 heteroatoms. The largest absolute Gasteiger partial charge is 0.321 e. The Kier molecular flexibility index (Phi) is 6.65. The lowest BCUT2D eigenvalue weighted by atomic mass is 9.73. The predicted molar refractivity (Wildman–Crippen MR) is 111 cm³/mol. The zero-order valence-corrected chi connectivity index (χ0v) is 17.4. The smallest absolute Gasteiger partial charge is 0.0417 e. The van der Waals surface area contributed by atoms with E-state index in [1.807, 2.05) is 0 Å². The van der Waals surface area contributed by atoms with Crippen molar-refractivity contribution in [3.8, 4) is 0 Å². The Bertz CT molecular complexity index is 578. The zero-order chi connectivity index (χ0) is 18.8. The minimum atomic E-state index is -0.351. The van der Waals surface area contributed by atoms with Gasteiger partial charge in [-0.1, -0.05) is 75.2 Å². The van der Waals surface area contributed by atoms with Crippen LogP contribution in [0.15, 0.2) is 45.5 Å². The summed E-state index contributed by atoms with van der Waals surface area (Å²) in [5, 5.41) is 1.76. The molecule has 4 unspecified atom stereocenters. The van der Waals surface area contributed by atoms with E-state index < -0.39 is 0 Å². The number of nitrogens with two attached hydrogens (primary N) is 2. The van der Waals surface area contributed by atoms with Crippen molar-refractivity contribution in [1.82, 2.24) is 0 Å². The molecule has 0 fully saturated rings. The van der Waals surface area contributed by atoms with Crippen LogP contribution in [-0.2, 0) is 0 Å². The maximum absolute atomic E-state index is 6.77. The van der Waals surface area contributed by atoms with Crippen LogP contribution < -0.4 is 11.5 Å². The Morgan fingerprint density at radius 2 is 1.16 bits per heavy atom. The molecule has 2 aliphatic carbocycles. The summed E-state index contributed by atoms with van der Waals surface area (Å²) < 4.78 is 0. The maximum atomic E-state index is 6.77. The third kappa shape index (κ3) is 3.78. The molecule has 0 aliphatic heterocycles. The van der Waals surface area contributed by atoms with Gasteiger partial charge in [-0.15, -0.1) is 0 Å². The summed E-state index contributed by atoms with van der Waals surface area (Å²) in [5.41, 5.74) is 14.6. The highest BCUT2D eigenvalue weighted by Crippen LogP contribution is 2.43. The van der Waals surface area contributed by atoms with Gasteiger partial charge in [-0.05, 0) is 43.3 Å². The van der Waals surface area contributed by atoms with Crippen molar-refractivity contribution in [2.45, 2.75) is 70.9 Å². The van der Waals surface area contributed by atoms with Crippen molar-refractivity contribution < 1.29 is 0 Å². The van der Waals surface area contributed by atoms with Gasteiger partial charge in [0.25, 0.3) is 0 Å². The van der Waals surface area contributed by atoms with E-state index in [0.29, 0.717) is 0 Å². The number of allylic oxidation sites excluding steroid dienone is 4. The van der Waals surface area contributed by atoms with Gasteiger partial charge in [0.05, 0.1) is 0 Å². The lowest BCUT2D eigenvalue weighted by Crippen LogP contribution is -2.47. The molecule has 2 rings (SSSR count). The van der Waals surface area contributed by atoms with Crippen LogP contribution in [0, 0.1) is 11.8 Å². The van der Waals surface area contributed by atoms with E-state index in [2.05, 4.69) is 52.0 Å². The topological polar surface area (TPSA) is 52.0 Å². The molecule has 4 N–H and O–H groups in total. The molecule has 0 radical (unpaired) electrons. The van der Waals surface area contributed by atoms with Crippen LogP contribution in [0.1, 0.15) is 59.8 Å². The Labute approximate surface area is 163 Å². The minimum absolute atomic E-state index is 0.164. The summed E-state index contributed by atoms with van der Waals surface area (Å²) in [6.07, 6.45) is 12.8. The van der Waals surface area contributed by atoms with E-state index in [1.54, 1.807) is 0 Å². The van der Waals surface area contributed by atoms with Crippen LogP contribution in [0.25, 0.3) is 0 Å². The van der Waals surface area contributed by atoms with Crippen LogP contribution in [0.3, 0.4) is 0 Å². The summed E-state index contributed by atoms with van der Waals surface area (Å²) in [5.74, 6) is 0.328. The highest BCUT2D eigenvalue weighted by molar-refractivity contribution is 6.31. The average Bonchev–Trinajstić information content (AvgIpc) is 2.60. The van der Waals surface area contributed by atoms with Gasteiger partial charge < -0.3 is 11.5 Å². The van der Waals surface area contributed by atoms with Crippen LogP contribution in [0.5, 0.6) is 0 Å². The Hall–Kier alpha value is -0.540. The van der Waals surface area contributed by atoms with Crippen molar-refractivity contribution in [1.29, 1.82) is 0 Å². The molecule has 0 spiro atoms. The van der Waals surface area contributed by atoms with Gasteiger partial charge in [-0.25, -0.2) is 0 Å². The summed E-state index contributed by atoms with van der Waals surface area (Å²) in [6.45, 7) is 8.52. The monoisotopic (exact) mass is 382 g/mol. The Morgan fingerprint density at radius 3 is 1.44 bits per heavy atom. The second kappa shape index (κ2) is 8.00. The van der Waals surface area contributed by atoms with E-state index in [-0.39, 0.29) is 22.9 Å². The van der Waals surface area contributed by atoms with Crippen LogP contribution in [0.2, 0.25) is 0 Å². The maximum Gasteiger partial charge on any atom is 0.0417 e. The van der Waals surface area contributed by atoms with Crippen molar-refractivity contribution in [3.05, 3.63) is 45.5 Å². The first-order valence-electron chi connectivity index (χ1n) is 9.49. The molecule has 0 saturated carbocycles. The van der Waals surface area contributed by atoms with Gasteiger partial charge in [0.2, 0.25) is 0 Å². The first-order chi connectivity index (χ1) is 11.8. The Balaban J connectivity index is 2.34. The van der Waals surface area contributed by atoms with E-state index in [0.717, 1.165) is 53.3 Å². The highest BCUT2D eigenvalue weighted by atomic mass is 35.5. The predicted octanol–water partition coefficient (Wildman–Crippen LogP) is 5.77. The standard InChI is InChI=1S/C21H32Cl2N2/c1-5-16-18(22)14(9-11-20(16,24)7-3)13-15-10-12-21(25,8-4)17(6-2)19(15)23/h9-12,16-17H,5-8,13,24-25H2,1-4H3. The number of rotatable bonds is 6. The fourth-order valence-electron chi connectivity index (χ4n) is 4.16. The molecule has 0 aromatic carbocycles. The lowest BCUT2D eigenvalue weighted by molar-refractivity contribution is 0.358. The normalized spacial score (nSPS) is 35.7. The van der Waals surface area contributed by atoms with Crippen LogP contribution in [0.4, 0.5) is 0 Å². The van der Waals surface area contributed by atoms with E-state index in [4.69, 9.17) is 34.7 Å². The summed E-state index contributed by atoms with van der Waals surface area (Å²) >= 11 is 13.5. The van der Waals surface area contributed by atoms with Gasteiger partial charge in [-0.3, -0.25) is 0 Å². The molecule has 0 amide bonds. The molecule has 2 nitrogen and oxygen atoms in total. The van der Waals surface area contributed by atoms with E-state index in [9.17, 15) is 0 Å². The van der Waals surface area contributed by atoms with Gasteiger partial charge in [0.1, 0.15) is 0 Å². The fourth-order valence-corrected chi connectivity index (χ4v) is 5.14. The first kappa shape index (κ1) is 20.8. The molecule has 140 valence electrons. The highest BCUT2D eigenvalue weighted by Gasteiger charge is 2.38. The van der Waals surface area contributed by atoms with Crippen molar-refractivity contribution in [2.24, 2.45) is 23.3 Å². The summed E-state index contributed by atoms with van der Waals surface area (Å²) in [6, 6.07) is 0. The molecular formula is C21H32Cl2N2. The SMILES string of the molecule is CCC1C(Cl)=C(CC2=C(Cl)C(CC)C(N)(CC)C=C2)C=CC1(N)CC. The molecular weight excluding hydrogens is 351 g/mol. The van der Waals surface area contributed by atoms with E-state index in [1.165, 1.54) is 0 Å². The number of halogens is 2. The van der Waals surface area contributed by atoms with Crippen molar-refractivity contribution >= 4 is 23.2 Å². The quantitative estimate of drug-likeness (QED) is 0.612. The first-order valence-corrected chi connectivity index (χ1v) is 10.2. The van der Waals surface area contributed by atoms with Crippen molar-refractivity contribution in [2.75, 3.05) is 0 Å². The molecule has 0 heterocycles. The van der Waals surface area contributed by atoms with Gasteiger partial charge in [-0.2, -0.15) is 0 Å².